The van der Waals surface area contributed by atoms with Crippen molar-refractivity contribution in [3.05, 3.63) is 0 Å². The lowest BCUT2D eigenvalue weighted by Gasteiger charge is -2.08. The van der Waals surface area contributed by atoms with E-state index in [4.69, 9.17) is 10.2 Å². The highest BCUT2D eigenvalue weighted by Crippen LogP contribution is 2.10. The van der Waals surface area contributed by atoms with Gasteiger partial charge in [0.25, 0.3) is 0 Å². The van der Waals surface area contributed by atoms with Crippen LogP contribution >= 0.6 is 0 Å². The zero-order chi connectivity index (χ0) is 6.69. The zero-order valence-electron chi connectivity index (χ0n) is 5.38. The second kappa shape index (κ2) is 3.15. The van der Waals surface area contributed by atoms with Gasteiger partial charge in [-0.2, -0.15) is 0 Å². The maximum absolute atomic E-state index is 8.64. The predicted molar refractivity (Wildman–Crippen MR) is 34.1 cm³/mol. The number of nitrogens with one attached hydrogen (secondary N) is 1. The third kappa shape index (κ3) is 1.64. The predicted octanol–water partition coefficient (Wildman–Crippen LogP) is -0.908. The van der Waals surface area contributed by atoms with Crippen molar-refractivity contribution >= 4 is 0 Å². The van der Waals surface area contributed by atoms with Crippen molar-refractivity contribution < 1.29 is 10.2 Å². The largest absolute Gasteiger partial charge is 0.395 e. The van der Waals surface area contributed by atoms with Gasteiger partial charge in [-0.3, -0.25) is 0 Å². The Hall–Kier alpha value is -0.120. The van der Waals surface area contributed by atoms with Crippen molar-refractivity contribution in [2.75, 3.05) is 13.2 Å². The van der Waals surface area contributed by atoms with Gasteiger partial charge in [-0.25, -0.2) is 0 Å². The van der Waals surface area contributed by atoms with Crippen LogP contribution in [0.25, 0.3) is 0 Å². The van der Waals surface area contributed by atoms with E-state index in [0.717, 1.165) is 12.8 Å². The third-order valence-electron chi connectivity index (χ3n) is 1.78. The molecule has 2 unspecified atom stereocenters. The van der Waals surface area contributed by atoms with Crippen LogP contribution < -0.4 is 5.32 Å². The van der Waals surface area contributed by atoms with Crippen LogP contribution in [0.4, 0.5) is 0 Å². The summed E-state index contributed by atoms with van der Waals surface area (Å²) in [6.07, 6.45) is 1.98. The molecule has 1 aliphatic rings. The maximum Gasteiger partial charge on any atom is 0.0584 e. The normalized spacial score (nSPS) is 35.3. The fraction of sp³-hybridized carbons (Fsp3) is 1.00. The van der Waals surface area contributed by atoms with E-state index in [1.165, 1.54) is 0 Å². The molecule has 3 N–H and O–H groups in total. The molecule has 2 atom stereocenters. The molecule has 1 rings (SSSR count). The van der Waals surface area contributed by atoms with Gasteiger partial charge in [-0.15, -0.1) is 0 Å². The molecule has 0 spiro atoms. The Bertz CT molecular complexity index is 77.1. The van der Waals surface area contributed by atoms with Gasteiger partial charge in [0.15, 0.2) is 0 Å². The van der Waals surface area contributed by atoms with Crippen molar-refractivity contribution in [3.8, 4) is 0 Å². The zero-order valence-corrected chi connectivity index (χ0v) is 5.38. The van der Waals surface area contributed by atoms with Gasteiger partial charge in [-0.1, -0.05) is 0 Å². The van der Waals surface area contributed by atoms with Gasteiger partial charge in [0.05, 0.1) is 13.2 Å². The van der Waals surface area contributed by atoms with Gasteiger partial charge < -0.3 is 15.5 Å². The topological polar surface area (TPSA) is 52.5 Å². The summed E-state index contributed by atoms with van der Waals surface area (Å²) in [5, 5.41) is 20.4. The fourth-order valence-corrected chi connectivity index (χ4v) is 1.19. The molecule has 9 heavy (non-hydrogen) atoms. The van der Waals surface area contributed by atoms with Crippen molar-refractivity contribution in [1.29, 1.82) is 0 Å². The molecule has 0 radical (unpaired) electrons. The molecule has 1 heterocycles. The number of rotatable bonds is 2. The first-order valence-electron chi connectivity index (χ1n) is 3.34. The number of hydrogen-bond acceptors (Lipinski definition) is 3. The van der Waals surface area contributed by atoms with E-state index in [0.29, 0.717) is 0 Å². The third-order valence-corrected chi connectivity index (χ3v) is 1.78. The molecule has 0 saturated carbocycles. The molecule has 0 aromatic carbocycles. The number of aliphatic hydroxyl groups is 2. The summed E-state index contributed by atoms with van der Waals surface area (Å²) in [6, 6.07) is 0.448. The standard InChI is InChI=1S/C6H13NO2/c8-3-5-1-2-6(4-9)7-5/h5-9H,1-4H2. The molecule has 1 aliphatic heterocycles. The summed E-state index contributed by atoms with van der Waals surface area (Å²) in [7, 11) is 0. The van der Waals surface area contributed by atoms with Gasteiger partial charge in [-0.05, 0) is 12.8 Å². The summed E-state index contributed by atoms with van der Waals surface area (Å²) in [5.41, 5.74) is 0. The second-order valence-electron chi connectivity index (χ2n) is 2.50. The van der Waals surface area contributed by atoms with Crippen molar-refractivity contribution in [2.45, 2.75) is 24.9 Å². The summed E-state index contributed by atoms with van der Waals surface area (Å²) in [5.74, 6) is 0. The van der Waals surface area contributed by atoms with Crippen molar-refractivity contribution in [2.24, 2.45) is 0 Å². The summed E-state index contributed by atoms with van der Waals surface area (Å²) >= 11 is 0. The van der Waals surface area contributed by atoms with E-state index >= 15 is 0 Å². The summed E-state index contributed by atoms with van der Waals surface area (Å²) in [4.78, 5) is 0. The summed E-state index contributed by atoms with van der Waals surface area (Å²) < 4.78 is 0. The molecule has 0 aliphatic carbocycles. The van der Waals surface area contributed by atoms with Gasteiger partial charge >= 0.3 is 0 Å². The minimum Gasteiger partial charge on any atom is -0.395 e. The minimum absolute atomic E-state index is 0.191. The van der Waals surface area contributed by atoms with E-state index in [9.17, 15) is 0 Å². The van der Waals surface area contributed by atoms with Crippen LogP contribution in [-0.4, -0.2) is 35.5 Å². The van der Waals surface area contributed by atoms with Crippen LogP contribution in [0.5, 0.6) is 0 Å². The fourth-order valence-electron chi connectivity index (χ4n) is 1.19. The lowest BCUT2D eigenvalue weighted by Crippen LogP contribution is -2.33. The van der Waals surface area contributed by atoms with Crippen LogP contribution in [-0.2, 0) is 0 Å². The highest BCUT2D eigenvalue weighted by atomic mass is 16.3. The molecule has 1 saturated heterocycles. The van der Waals surface area contributed by atoms with Crippen LogP contribution in [0.3, 0.4) is 0 Å². The first-order valence-corrected chi connectivity index (χ1v) is 3.34. The Morgan fingerprint density at radius 1 is 1.11 bits per heavy atom. The molecule has 0 aromatic rings. The highest BCUT2D eigenvalue weighted by molar-refractivity contribution is 4.81. The molecular weight excluding hydrogens is 118 g/mol. The first-order chi connectivity index (χ1) is 4.36. The maximum atomic E-state index is 8.64. The smallest absolute Gasteiger partial charge is 0.0584 e. The van der Waals surface area contributed by atoms with Gasteiger partial charge in [0.1, 0.15) is 0 Å². The second-order valence-corrected chi connectivity index (χ2v) is 2.50. The van der Waals surface area contributed by atoms with E-state index < -0.39 is 0 Å². The van der Waals surface area contributed by atoms with Gasteiger partial charge in [0, 0.05) is 12.1 Å². The number of aliphatic hydroxyl groups excluding tert-OH is 2. The minimum atomic E-state index is 0.191. The summed E-state index contributed by atoms with van der Waals surface area (Å²) in [6.45, 7) is 0.382. The van der Waals surface area contributed by atoms with E-state index in [1.54, 1.807) is 0 Å². The molecule has 0 aromatic heterocycles. The molecule has 54 valence electrons. The Morgan fingerprint density at radius 3 is 1.78 bits per heavy atom. The lowest BCUT2D eigenvalue weighted by molar-refractivity contribution is 0.227. The molecule has 0 amide bonds. The molecular formula is C6H13NO2. The Kier molecular flexibility index (Phi) is 2.45. The van der Waals surface area contributed by atoms with E-state index in [-0.39, 0.29) is 25.3 Å². The molecule has 0 bridgehead atoms. The molecule has 3 nitrogen and oxygen atoms in total. The quantitative estimate of drug-likeness (QED) is 0.455. The number of hydrogen-bond donors (Lipinski definition) is 3. The van der Waals surface area contributed by atoms with Crippen LogP contribution in [0.15, 0.2) is 0 Å². The Balaban J connectivity index is 2.20. The SMILES string of the molecule is OCC1CCC(CO)N1. The first kappa shape index (κ1) is 6.99. The van der Waals surface area contributed by atoms with Crippen molar-refractivity contribution in [1.82, 2.24) is 5.32 Å². The Morgan fingerprint density at radius 2 is 1.56 bits per heavy atom. The van der Waals surface area contributed by atoms with E-state index in [1.807, 2.05) is 0 Å². The Labute approximate surface area is 54.7 Å². The van der Waals surface area contributed by atoms with Crippen LogP contribution in [0.1, 0.15) is 12.8 Å². The monoisotopic (exact) mass is 131 g/mol. The van der Waals surface area contributed by atoms with E-state index in [2.05, 4.69) is 5.32 Å². The van der Waals surface area contributed by atoms with Crippen LogP contribution in [0, 0.1) is 0 Å². The van der Waals surface area contributed by atoms with Crippen LogP contribution in [0.2, 0.25) is 0 Å². The molecule has 1 fully saturated rings. The van der Waals surface area contributed by atoms with Crippen molar-refractivity contribution in [3.63, 3.8) is 0 Å². The lowest BCUT2D eigenvalue weighted by atomic mass is 10.2. The van der Waals surface area contributed by atoms with Gasteiger partial charge in [0.2, 0.25) is 0 Å². The average molecular weight is 131 g/mol. The highest BCUT2D eigenvalue weighted by Gasteiger charge is 2.21. The average Bonchev–Trinajstić information content (AvgIpc) is 2.34. The molecule has 3 heteroatoms.